The lowest BCUT2D eigenvalue weighted by Gasteiger charge is -2.29. The van der Waals surface area contributed by atoms with E-state index in [1.54, 1.807) is 0 Å². The second kappa shape index (κ2) is 6.71. The molecule has 5 heteroatoms. The van der Waals surface area contributed by atoms with E-state index < -0.39 is 9.84 Å². The van der Waals surface area contributed by atoms with Crippen LogP contribution in [0.3, 0.4) is 0 Å². The van der Waals surface area contributed by atoms with E-state index in [1.807, 2.05) is 0 Å². The van der Waals surface area contributed by atoms with Gasteiger partial charge in [-0.3, -0.25) is 0 Å². The van der Waals surface area contributed by atoms with Crippen molar-refractivity contribution in [1.82, 2.24) is 5.32 Å². The Morgan fingerprint density at radius 2 is 2.12 bits per heavy atom. The first-order valence-corrected chi connectivity index (χ1v) is 8.42. The summed E-state index contributed by atoms with van der Waals surface area (Å²) in [5.41, 5.74) is 0. The molecule has 0 aromatic carbocycles. The van der Waals surface area contributed by atoms with Gasteiger partial charge in [0.2, 0.25) is 0 Å². The Balaban J connectivity index is 2.35. The molecule has 1 saturated carbocycles. The van der Waals surface area contributed by atoms with E-state index in [2.05, 4.69) is 12.2 Å². The zero-order valence-electron chi connectivity index (χ0n) is 10.9. The zero-order valence-corrected chi connectivity index (χ0v) is 11.7. The Morgan fingerprint density at radius 3 is 2.71 bits per heavy atom. The lowest BCUT2D eigenvalue weighted by molar-refractivity contribution is 0.254. The molecule has 0 aromatic rings. The summed E-state index contributed by atoms with van der Waals surface area (Å²) in [7, 11) is -2.89. The summed E-state index contributed by atoms with van der Waals surface area (Å²) in [5.74, 6) is 0.443. The van der Waals surface area contributed by atoms with Crippen molar-refractivity contribution in [3.63, 3.8) is 0 Å². The number of hydrogen-bond donors (Lipinski definition) is 2. The molecule has 1 aliphatic carbocycles. The van der Waals surface area contributed by atoms with E-state index in [4.69, 9.17) is 5.11 Å². The van der Waals surface area contributed by atoms with Crippen LogP contribution in [0.25, 0.3) is 0 Å². The number of sulfone groups is 1. The van der Waals surface area contributed by atoms with Crippen LogP contribution in [0.2, 0.25) is 0 Å². The summed E-state index contributed by atoms with van der Waals surface area (Å²) in [5, 5.41) is 12.1. The highest BCUT2D eigenvalue weighted by Gasteiger charge is 2.28. The number of nitrogens with one attached hydrogen (secondary N) is 1. The molecule has 102 valence electrons. The highest BCUT2D eigenvalue weighted by Crippen LogP contribution is 2.23. The number of rotatable bonds is 6. The Bertz CT molecular complexity index is 316. The molecular weight excluding hydrogens is 238 g/mol. The third-order valence-electron chi connectivity index (χ3n) is 3.61. The fraction of sp³-hybridized carbons (Fsp3) is 1.00. The fourth-order valence-electron chi connectivity index (χ4n) is 2.41. The summed E-state index contributed by atoms with van der Waals surface area (Å²) in [4.78, 5) is 0. The van der Waals surface area contributed by atoms with Gasteiger partial charge in [0, 0.05) is 18.9 Å². The molecule has 0 aromatic heterocycles. The number of aliphatic hydroxyl groups is 1. The Kier molecular flexibility index (Phi) is 5.89. The molecule has 0 saturated heterocycles. The SMILES string of the molecule is CC(CCO)CNC1CCCC(S(C)(=O)=O)C1. The Hall–Kier alpha value is -0.130. The van der Waals surface area contributed by atoms with Crippen LogP contribution >= 0.6 is 0 Å². The molecule has 17 heavy (non-hydrogen) atoms. The van der Waals surface area contributed by atoms with E-state index in [9.17, 15) is 8.42 Å². The Morgan fingerprint density at radius 1 is 1.41 bits per heavy atom. The molecule has 3 atom stereocenters. The highest BCUT2D eigenvalue weighted by molar-refractivity contribution is 7.91. The minimum absolute atomic E-state index is 0.165. The first-order chi connectivity index (χ1) is 7.93. The van der Waals surface area contributed by atoms with E-state index in [0.29, 0.717) is 12.0 Å². The van der Waals surface area contributed by atoms with Gasteiger partial charge in [0.15, 0.2) is 0 Å². The van der Waals surface area contributed by atoms with E-state index in [0.717, 1.165) is 38.6 Å². The monoisotopic (exact) mass is 263 g/mol. The summed E-state index contributed by atoms with van der Waals surface area (Å²) in [6, 6.07) is 0.324. The lowest BCUT2D eigenvalue weighted by atomic mass is 9.94. The van der Waals surface area contributed by atoms with Gasteiger partial charge in [-0.1, -0.05) is 13.3 Å². The van der Waals surface area contributed by atoms with Crippen LogP contribution in [0.5, 0.6) is 0 Å². The first-order valence-electron chi connectivity index (χ1n) is 6.46. The highest BCUT2D eigenvalue weighted by atomic mass is 32.2. The normalized spacial score (nSPS) is 27.9. The topological polar surface area (TPSA) is 66.4 Å². The van der Waals surface area contributed by atoms with Crippen LogP contribution in [-0.4, -0.2) is 44.2 Å². The zero-order chi connectivity index (χ0) is 12.9. The molecule has 0 amide bonds. The van der Waals surface area contributed by atoms with Crippen molar-refractivity contribution in [3.05, 3.63) is 0 Å². The second-order valence-electron chi connectivity index (χ2n) is 5.34. The predicted molar refractivity (Wildman–Crippen MR) is 69.8 cm³/mol. The molecule has 1 fully saturated rings. The summed E-state index contributed by atoms with van der Waals surface area (Å²) < 4.78 is 23.0. The standard InChI is InChI=1S/C12H25NO3S/c1-10(6-7-14)9-13-11-4-3-5-12(8-11)17(2,15)16/h10-14H,3-9H2,1-2H3. The van der Waals surface area contributed by atoms with Crippen LogP contribution in [0.1, 0.15) is 39.0 Å². The summed E-state index contributed by atoms with van der Waals surface area (Å²) >= 11 is 0. The van der Waals surface area contributed by atoms with Crippen LogP contribution < -0.4 is 5.32 Å². The maximum absolute atomic E-state index is 11.5. The fourth-order valence-corrected chi connectivity index (χ4v) is 3.59. The van der Waals surface area contributed by atoms with E-state index in [-0.39, 0.29) is 11.9 Å². The Labute approximate surface area is 105 Å². The van der Waals surface area contributed by atoms with Gasteiger partial charge in [0.1, 0.15) is 9.84 Å². The van der Waals surface area contributed by atoms with Crippen molar-refractivity contribution in [1.29, 1.82) is 0 Å². The minimum Gasteiger partial charge on any atom is -0.396 e. The van der Waals surface area contributed by atoms with Crippen LogP contribution in [0, 0.1) is 5.92 Å². The van der Waals surface area contributed by atoms with Gasteiger partial charge >= 0.3 is 0 Å². The molecule has 0 bridgehead atoms. The predicted octanol–water partition coefficient (Wildman–Crippen LogP) is 0.950. The van der Waals surface area contributed by atoms with Gasteiger partial charge in [0.05, 0.1) is 5.25 Å². The number of hydrogen-bond acceptors (Lipinski definition) is 4. The van der Waals surface area contributed by atoms with E-state index >= 15 is 0 Å². The van der Waals surface area contributed by atoms with Crippen LogP contribution in [-0.2, 0) is 9.84 Å². The smallest absolute Gasteiger partial charge is 0.150 e. The van der Waals surface area contributed by atoms with Crippen molar-refractivity contribution in [2.45, 2.75) is 50.3 Å². The van der Waals surface area contributed by atoms with Crippen LogP contribution in [0.4, 0.5) is 0 Å². The number of aliphatic hydroxyl groups excluding tert-OH is 1. The van der Waals surface area contributed by atoms with E-state index in [1.165, 1.54) is 6.26 Å². The van der Waals surface area contributed by atoms with Crippen molar-refractivity contribution in [2.24, 2.45) is 5.92 Å². The van der Waals surface area contributed by atoms with Gasteiger partial charge in [-0.25, -0.2) is 8.42 Å². The van der Waals surface area contributed by atoms with Gasteiger partial charge in [-0.05, 0) is 38.1 Å². The molecule has 1 aliphatic rings. The minimum atomic E-state index is -2.89. The van der Waals surface area contributed by atoms with Crippen molar-refractivity contribution < 1.29 is 13.5 Å². The van der Waals surface area contributed by atoms with Crippen LogP contribution in [0.15, 0.2) is 0 Å². The molecule has 3 unspecified atom stereocenters. The lowest BCUT2D eigenvalue weighted by Crippen LogP contribution is -2.40. The summed E-state index contributed by atoms with van der Waals surface area (Å²) in [6.07, 6.45) is 5.75. The van der Waals surface area contributed by atoms with Gasteiger partial charge < -0.3 is 10.4 Å². The largest absolute Gasteiger partial charge is 0.396 e. The van der Waals surface area contributed by atoms with Gasteiger partial charge in [0.25, 0.3) is 0 Å². The first kappa shape index (κ1) is 14.9. The molecule has 1 rings (SSSR count). The summed E-state index contributed by atoms with van der Waals surface area (Å²) in [6.45, 7) is 3.18. The molecule has 0 spiro atoms. The third kappa shape index (κ3) is 5.36. The van der Waals surface area contributed by atoms with Crippen molar-refractivity contribution >= 4 is 9.84 Å². The second-order valence-corrected chi connectivity index (χ2v) is 7.67. The molecule has 0 radical (unpaired) electrons. The van der Waals surface area contributed by atoms with Gasteiger partial charge in [-0.2, -0.15) is 0 Å². The maximum Gasteiger partial charge on any atom is 0.150 e. The molecule has 4 nitrogen and oxygen atoms in total. The maximum atomic E-state index is 11.5. The van der Waals surface area contributed by atoms with Crippen molar-refractivity contribution in [2.75, 3.05) is 19.4 Å². The third-order valence-corrected chi connectivity index (χ3v) is 5.25. The average molecular weight is 263 g/mol. The molecule has 0 aliphatic heterocycles. The van der Waals surface area contributed by atoms with Gasteiger partial charge in [-0.15, -0.1) is 0 Å². The average Bonchev–Trinajstić information content (AvgIpc) is 2.26. The van der Waals surface area contributed by atoms with Crippen molar-refractivity contribution in [3.8, 4) is 0 Å². The molecule has 2 N–H and O–H groups in total. The molecular formula is C12H25NO3S. The quantitative estimate of drug-likeness (QED) is 0.749. The molecule has 0 heterocycles.